The van der Waals surface area contributed by atoms with Crippen molar-refractivity contribution in [2.45, 2.75) is 46.7 Å². The average Bonchev–Trinajstić information content (AvgIpc) is 3.29. The number of hydrogen-bond donors (Lipinski definition) is 1. The van der Waals surface area contributed by atoms with Gasteiger partial charge >= 0.3 is 0 Å². The molecule has 1 aromatic carbocycles. The summed E-state index contributed by atoms with van der Waals surface area (Å²) in [6.45, 7) is 9.11. The van der Waals surface area contributed by atoms with Crippen LogP contribution in [0.3, 0.4) is 0 Å². The van der Waals surface area contributed by atoms with Crippen LogP contribution in [0.5, 0.6) is 11.5 Å². The van der Waals surface area contributed by atoms with Crippen molar-refractivity contribution in [2.24, 2.45) is 13.0 Å². The fraction of sp³-hybridized carbons (Fsp3) is 0.458. The first kappa shape index (κ1) is 23.4. The molecule has 1 N–H and O–H groups in total. The fourth-order valence-electron chi connectivity index (χ4n) is 3.83. The molecule has 1 unspecified atom stereocenters. The third-order valence-corrected chi connectivity index (χ3v) is 5.54. The van der Waals surface area contributed by atoms with Gasteiger partial charge in [0.05, 0.1) is 26.3 Å². The van der Waals surface area contributed by atoms with Gasteiger partial charge in [0.15, 0.2) is 0 Å². The highest BCUT2D eigenvalue weighted by Crippen LogP contribution is 2.29. The summed E-state index contributed by atoms with van der Waals surface area (Å²) in [5.74, 6) is 2.39. The first-order valence-electron chi connectivity index (χ1n) is 10.8. The Bertz CT molecular complexity index is 1060. The van der Waals surface area contributed by atoms with E-state index in [0.717, 1.165) is 34.9 Å². The fourth-order valence-corrected chi connectivity index (χ4v) is 3.83. The predicted molar refractivity (Wildman–Crippen MR) is 123 cm³/mol. The van der Waals surface area contributed by atoms with E-state index in [4.69, 9.17) is 9.47 Å². The van der Waals surface area contributed by atoms with Gasteiger partial charge in [-0.05, 0) is 37.5 Å². The molecule has 0 spiro atoms. The molecule has 2 heterocycles. The Labute approximate surface area is 189 Å². The minimum atomic E-state index is -0.460. The summed E-state index contributed by atoms with van der Waals surface area (Å²) in [7, 11) is 5.11. The molecule has 0 aliphatic heterocycles. The molecule has 0 saturated carbocycles. The smallest absolute Gasteiger partial charge is 0.225 e. The lowest BCUT2D eigenvalue weighted by atomic mass is 10.0. The Morgan fingerprint density at radius 3 is 2.31 bits per heavy atom. The summed E-state index contributed by atoms with van der Waals surface area (Å²) in [6.07, 6.45) is 3.82. The summed E-state index contributed by atoms with van der Waals surface area (Å²) in [6, 6.07) is 5.12. The van der Waals surface area contributed by atoms with Gasteiger partial charge in [-0.1, -0.05) is 13.8 Å². The number of nitrogens with zero attached hydrogens (tertiary/aromatic N) is 4. The van der Waals surface area contributed by atoms with Crippen molar-refractivity contribution < 1.29 is 14.3 Å². The molecule has 8 nitrogen and oxygen atoms in total. The summed E-state index contributed by atoms with van der Waals surface area (Å²) in [5, 5.41) is 7.80. The number of amides is 1. The number of aromatic nitrogens is 4. The van der Waals surface area contributed by atoms with Gasteiger partial charge in [0.25, 0.3) is 0 Å². The molecule has 8 heteroatoms. The molecule has 0 radical (unpaired) electrons. The minimum absolute atomic E-state index is 0.102. The van der Waals surface area contributed by atoms with Crippen LogP contribution in [0.1, 0.15) is 48.2 Å². The summed E-state index contributed by atoms with van der Waals surface area (Å²) < 4.78 is 14.7. The highest BCUT2D eigenvalue weighted by molar-refractivity contribution is 5.80. The average molecular weight is 440 g/mol. The van der Waals surface area contributed by atoms with E-state index in [1.54, 1.807) is 26.5 Å². The number of nitrogens with one attached hydrogen (secondary N) is 1. The monoisotopic (exact) mass is 439 g/mol. The van der Waals surface area contributed by atoms with Gasteiger partial charge in [0.1, 0.15) is 23.4 Å². The lowest BCUT2D eigenvalue weighted by Gasteiger charge is -2.20. The van der Waals surface area contributed by atoms with E-state index in [0.29, 0.717) is 17.4 Å². The number of carbonyl (C=O) groups is 1. The number of hydrogen-bond acceptors (Lipinski definition) is 5. The molecule has 1 amide bonds. The van der Waals surface area contributed by atoms with E-state index in [2.05, 4.69) is 29.2 Å². The molecule has 0 bridgehead atoms. The van der Waals surface area contributed by atoms with Crippen LogP contribution in [0.4, 0.5) is 0 Å². The number of carbonyl (C=O) groups excluding carboxylic acids is 1. The van der Waals surface area contributed by atoms with Crippen LogP contribution in [0.15, 0.2) is 30.6 Å². The van der Waals surface area contributed by atoms with Gasteiger partial charge in [-0.25, -0.2) is 4.98 Å². The molecule has 3 rings (SSSR count). The molecule has 32 heavy (non-hydrogen) atoms. The van der Waals surface area contributed by atoms with Crippen LogP contribution >= 0.6 is 0 Å². The van der Waals surface area contributed by atoms with Crippen LogP contribution in [0, 0.1) is 19.8 Å². The highest BCUT2D eigenvalue weighted by Gasteiger charge is 2.24. The van der Waals surface area contributed by atoms with Gasteiger partial charge in [0, 0.05) is 43.3 Å². The molecule has 0 aliphatic rings. The van der Waals surface area contributed by atoms with Gasteiger partial charge in [-0.15, -0.1) is 0 Å². The van der Waals surface area contributed by atoms with E-state index in [1.807, 2.05) is 48.5 Å². The van der Waals surface area contributed by atoms with Gasteiger partial charge < -0.3 is 19.4 Å². The predicted octanol–water partition coefficient (Wildman–Crippen LogP) is 3.35. The molecule has 1 atom stereocenters. The first-order chi connectivity index (χ1) is 15.2. The van der Waals surface area contributed by atoms with Crippen molar-refractivity contribution in [1.29, 1.82) is 0 Å². The molecular formula is C24H33N5O3. The second-order valence-corrected chi connectivity index (χ2v) is 8.44. The molecule has 172 valence electrons. The lowest BCUT2D eigenvalue weighted by Crippen LogP contribution is -2.32. The maximum Gasteiger partial charge on any atom is 0.225 e. The standard InChI is InChI=1S/C24H33N5O3/c1-15(2)14-29-17(4)21(16(3)27-29)13-22(30)26-23(24-25-8-9-28(24)5)18-10-19(31-6)12-20(11-18)32-7/h8-12,15,23H,13-14H2,1-7H3,(H,26,30). The van der Waals surface area contributed by atoms with Crippen molar-refractivity contribution in [3.63, 3.8) is 0 Å². The molecule has 0 saturated heterocycles. The number of ether oxygens (including phenoxy) is 2. The Hall–Kier alpha value is -3.29. The van der Waals surface area contributed by atoms with Crippen molar-refractivity contribution in [3.8, 4) is 11.5 Å². The van der Waals surface area contributed by atoms with Crippen LogP contribution in [0.25, 0.3) is 0 Å². The normalized spacial score (nSPS) is 12.1. The topological polar surface area (TPSA) is 83.2 Å². The van der Waals surface area contributed by atoms with Crippen LogP contribution in [-0.2, 0) is 24.8 Å². The largest absolute Gasteiger partial charge is 0.497 e. The maximum atomic E-state index is 13.2. The number of methoxy groups -OCH3 is 2. The number of rotatable bonds is 9. The van der Waals surface area contributed by atoms with Gasteiger partial charge in [-0.3, -0.25) is 9.48 Å². The second kappa shape index (κ2) is 9.89. The lowest BCUT2D eigenvalue weighted by molar-refractivity contribution is -0.121. The third-order valence-electron chi connectivity index (χ3n) is 5.54. The number of imidazole rings is 1. The van der Waals surface area contributed by atoms with Crippen molar-refractivity contribution in [1.82, 2.24) is 24.6 Å². The Morgan fingerprint density at radius 2 is 1.78 bits per heavy atom. The second-order valence-electron chi connectivity index (χ2n) is 8.44. The SMILES string of the molecule is COc1cc(OC)cc(C(NC(=O)Cc2c(C)nn(CC(C)C)c2C)c2nccn2C)c1. The maximum absolute atomic E-state index is 13.2. The zero-order valence-corrected chi connectivity index (χ0v) is 20.0. The molecule has 0 aliphatic carbocycles. The summed E-state index contributed by atoms with van der Waals surface area (Å²) >= 11 is 0. The van der Waals surface area contributed by atoms with Crippen LogP contribution < -0.4 is 14.8 Å². The quantitative estimate of drug-likeness (QED) is 0.553. The summed E-state index contributed by atoms with van der Waals surface area (Å²) in [5.41, 5.74) is 3.70. The van der Waals surface area contributed by atoms with Gasteiger partial charge in [-0.2, -0.15) is 5.10 Å². The van der Waals surface area contributed by atoms with Crippen molar-refractivity contribution in [3.05, 3.63) is 58.9 Å². The summed E-state index contributed by atoms with van der Waals surface area (Å²) in [4.78, 5) is 17.7. The van der Waals surface area contributed by atoms with Crippen LogP contribution in [0.2, 0.25) is 0 Å². The van der Waals surface area contributed by atoms with E-state index < -0.39 is 6.04 Å². The Morgan fingerprint density at radius 1 is 1.12 bits per heavy atom. The number of benzene rings is 1. The molecule has 0 fully saturated rings. The van der Waals surface area contributed by atoms with E-state index in [-0.39, 0.29) is 12.3 Å². The van der Waals surface area contributed by atoms with E-state index >= 15 is 0 Å². The Balaban J connectivity index is 1.91. The zero-order chi connectivity index (χ0) is 23.4. The highest BCUT2D eigenvalue weighted by atomic mass is 16.5. The molecular weight excluding hydrogens is 406 g/mol. The van der Waals surface area contributed by atoms with Crippen molar-refractivity contribution in [2.75, 3.05) is 14.2 Å². The van der Waals surface area contributed by atoms with Crippen LogP contribution in [-0.4, -0.2) is 39.5 Å². The first-order valence-corrected chi connectivity index (χ1v) is 10.8. The molecule has 2 aromatic heterocycles. The third kappa shape index (κ3) is 5.12. The minimum Gasteiger partial charge on any atom is -0.497 e. The zero-order valence-electron chi connectivity index (χ0n) is 20.0. The van der Waals surface area contributed by atoms with E-state index in [9.17, 15) is 4.79 Å². The van der Waals surface area contributed by atoms with Gasteiger partial charge in [0.2, 0.25) is 5.91 Å². The molecule has 3 aromatic rings. The number of aryl methyl sites for hydroxylation is 2. The van der Waals surface area contributed by atoms with E-state index in [1.165, 1.54) is 0 Å². The Kier molecular flexibility index (Phi) is 7.22. The van der Waals surface area contributed by atoms with Crippen molar-refractivity contribution >= 4 is 5.91 Å².